The minimum Gasteiger partial charge on any atom is -0.372 e. The normalized spacial score (nSPS) is 17.4. The minimum atomic E-state index is -0.227. The molecule has 1 saturated carbocycles. The standard InChI is InChI=1S/C20H26N6O/c1-14-10-12-26(13-11-14)17-6-4-15(5-7-17)21-18-8-9-19(25-24-18)23-20(27)22-16-2-3-16/h4-9,14,16H,2-3,10-13H2,1H3,(H,21,24)(H2,22,23,25,27). The lowest BCUT2D eigenvalue weighted by Gasteiger charge is -2.32. The van der Waals surface area contributed by atoms with Crippen molar-refractivity contribution in [3.63, 3.8) is 0 Å². The highest BCUT2D eigenvalue weighted by Gasteiger charge is 2.23. The van der Waals surface area contributed by atoms with Crippen molar-refractivity contribution in [3.8, 4) is 0 Å². The molecule has 2 fully saturated rings. The van der Waals surface area contributed by atoms with Gasteiger partial charge in [0.2, 0.25) is 0 Å². The Morgan fingerprint density at radius 1 is 0.963 bits per heavy atom. The maximum Gasteiger partial charge on any atom is 0.320 e. The molecule has 7 heteroatoms. The molecular weight excluding hydrogens is 340 g/mol. The number of hydrogen-bond donors (Lipinski definition) is 3. The fourth-order valence-corrected chi connectivity index (χ4v) is 3.20. The fourth-order valence-electron chi connectivity index (χ4n) is 3.20. The van der Waals surface area contributed by atoms with Gasteiger partial charge in [-0.15, -0.1) is 10.2 Å². The topological polar surface area (TPSA) is 82.2 Å². The third-order valence-electron chi connectivity index (χ3n) is 5.11. The van der Waals surface area contributed by atoms with E-state index in [0.717, 1.165) is 37.5 Å². The highest BCUT2D eigenvalue weighted by atomic mass is 16.2. The van der Waals surface area contributed by atoms with Crippen LogP contribution in [0.1, 0.15) is 32.6 Å². The molecule has 1 aliphatic heterocycles. The summed E-state index contributed by atoms with van der Waals surface area (Å²) in [5.74, 6) is 1.91. The number of rotatable bonds is 5. The Morgan fingerprint density at radius 2 is 1.63 bits per heavy atom. The first-order valence-electron chi connectivity index (χ1n) is 9.69. The molecule has 27 heavy (non-hydrogen) atoms. The summed E-state index contributed by atoms with van der Waals surface area (Å²) in [6.45, 7) is 4.58. The van der Waals surface area contributed by atoms with Crippen LogP contribution >= 0.6 is 0 Å². The van der Waals surface area contributed by atoms with Gasteiger partial charge in [0.05, 0.1) is 0 Å². The van der Waals surface area contributed by atoms with Gasteiger partial charge in [-0.1, -0.05) is 6.92 Å². The molecule has 142 valence electrons. The lowest BCUT2D eigenvalue weighted by Crippen LogP contribution is -2.32. The van der Waals surface area contributed by atoms with Crippen LogP contribution in [-0.2, 0) is 0 Å². The summed E-state index contributed by atoms with van der Waals surface area (Å²) in [6.07, 6.45) is 4.62. The number of carbonyl (C=O) groups is 1. The molecule has 7 nitrogen and oxygen atoms in total. The highest BCUT2D eigenvalue weighted by molar-refractivity contribution is 5.88. The zero-order chi connectivity index (χ0) is 18.6. The first-order chi connectivity index (χ1) is 13.2. The van der Waals surface area contributed by atoms with Gasteiger partial charge in [0.15, 0.2) is 11.6 Å². The van der Waals surface area contributed by atoms with Crippen molar-refractivity contribution in [2.45, 2.75) is 38.6 Å². The van der Waals surface area contributed by atoms with Gasteiger partial charge in [-0.2, -0.15) is 0 Å². The van der Waals surface area contributed by atoms with Crippen molar-refractivity contribution < 1.29 is 4.79 Å². The van der Waals surface area contributed by atoms with E-state index in [0.29, 0.717) is 17.7 Å². The molecule has 3 N–H and O–H groups in total. The second-order valence-electron chi connectivity index (χ2n) is 7.52. The zero-order valence-electron chi connectivity index (χ0n) is 15.6. The lowest BCUT2D eigenvalue weighted by atomic mass is 9.99. The Bertz CT molecular complexity index is 764. The van der Waals surface area contributed by atoms with Crippen LogP contribution in [-0.4, -0.2) is 35.4 Å². The van der Waals surface area contributed by atoms with Gasteiger partial charge in [-0.3, -0.25) is 5.32 Å². The monoisotopic (exact) mass is 366 g/mol. The van der Waals surface area contributed by atoms with Gasteiger partial charge < -0.3 is 15.5 Å². The van der Waals surface area contributed by atoms with Crippen LogP contribution in [0.5, 0.6) is 0 Å². The van der Waals surface area contributed by atoms with E-state index in [2.05, 4.69) is 62.2 Å². The number of amides is 2. The van der Waals surface area contributed by atoms with Crippen LogP contribution in [0, 0.1) is 5.92 Å². The van der Waals surface area contributed by atoms with Crippen LogP contribution in [0.2, 0.25) is 0 Å². The van der Waals surface area contributed by atoms with Crippen LogP contribution in [0.15, 0.2) is 36.4 Å². The van der Waals surface area contributed by atoms with Gasteiger partial charge in [-0.25, -0.2) is 4.79 Å². The van der Waals surface area contributed by atoms with Crippen molar-refractivity contribution in [1.29, 1.82) is 0 Å². The van der Waals surface area contributed by atoms with E-state index in [1.54, 1.807) is 12.1 Å². The molecule has 0 bridgehead atoms. The van der Waals surface area contributed by atoms with E-state index in [1.807, 2.05) is 0 Å². The Hall–Kier alpha value is -2.83. The van der Waals surface area contributed by atoms with Gasteiger partial charge in [0.25, 0.3) is 0 Å². The third kappa shape index (κ3) is 4.87. The molecule has 2 heterocycles. The summed E-state index contributed by atoms with van der Waals surface area (Å²) in [6, 6.07) is 12.0. The van der Waals surface area contributed by atoms with E-state index in [9.17, 15) is 4.79 Å². The molecular formula is C20H26N6O. The summed E-state index contributed by atoms with van der Waals surface area (Å²) < 4.78 is 0. The Morgan fingerprint density at radius 3 is 2.26 bits per heavy atom. The maximum absolute atomic E-state index is 11.7. The van der Waals surface area contributed by atoms with E-state index in [1.165, 1.54) is 18.5 Å². The predicted octanol–water partition coefficient (Wildman–Crippen LogP) is 3.74. The molecule has 0 unspecified atom stereocenters. The second-order valence-corrected chi connectivity index (χ2v) is 7.52. The SMILES string of the molecule is CC1CCN(c2ccc(Nc3ccc(NC(=O)NC4CC4)nn3)cc2)CC1. The quantitative estimate of drug-likeness (QED) is 0.751. The number of piperidine rings is 1. The molecule has 1 aromatic heterocycles. The van der Waals surface area contributed by atoms with Gasteiger partial charge in [0, 0.05) is 30.5 Å². The summed E-state index contributed by atoms with van der Waals surface area (Å²) in [5, 5.41) is 17.0. The van der Waals surface area contributed by atoms with E-state index < -0.39 is 0 Å². The van der Waals surface area contributed by atoms with Crippen molar-refractivity contribution in [3.05, 3.63) is 36.4 Å². The number of benzene rings is 1. The van der Waals surface area contributed by atoms with E-state index >= 15 is 0 Å². The lowest BCUT2D eigenvalue weighted by molar-refractivity contribution is 0.251. The molecule has 4 rings (SSSR count). The van der Waals surface area contributed by atoms with Crippen molar-refractivity contribution in [1.82, 2.24) is 15.5 Å². The molecule has 2 amide bonds. The zero-order valence-corrected chi connectivity index (χ0v) is 15.6. The van der Waals surface area contributed by atoms with Crippen LogP contribution in [0.4, 0.5) is 27.8 Å². The molecule has 0 radical (unpaired) electrons. The number of carbonyl (C=O) groups excluding carboxylic acids is 1. The second kappa shape index (κ2) is 7.82. The Labute approximate surface area is 159 Å². The summed E-state index contributed by atoms with van der Waals surface area (Å²) in [7, 11) is 0. The average molecular weight is 366 g/mol. The van der Waals surface area contributed by atoms with Gasteiger partial charge in [0.1, 0.15) is 0 Å². The minimum absolute atomic E-state index is 0.227. The molecule has 1 aromatic carbocycles. The number of urea groups is 1. The van der Waals surface area contributed by atoms with Crippen LogP contribution < -0.4 is 20.9 Å². The van der Waals surface area contributed by atoms with Crippen LogP contribution in [0.25, 0.3) is 0 Å². The number of aromatic nitrogens is 2. The van der Waals surface area contributed by atoms with Crippen molar-refractivity contribution in [2.24, 2.45) is 5.92 Å². The third-order valence-corrected chi connectivity index (χ3v) is 5.11. The summed E-state index contributed by atoms with van der Waals surface area (Å²) >= 11 is 0. The summed E-state index contributed by atoms with van der Waals surface area (Å²) in [5.41, 5.74) is 2.23. The Balaban J connectivity index is 1.31. The van der Waals surface area contributed by atoms with E-state index in [4.69, 9.17) is 0 Å². The largest absolute Gasteiger partial charge is 0.372 e. The number of anilines is 4. The van der Waals surface area contributed by atoms with Gasteiger partial charge >= 0.3 is 6.03 Å². The molecule has 0 spiro atoms. The molecule has 0 atom stereocenters. The molecule has 1 saturated heterocycles. The fraction of sp³-hybridized carbons (Fsp3) is 0.450. The smallest absolute Gasteiger partial charge is 0.320 e. The Kier molecular flexibility index (Phi) is 5.09. The van der Waals surface area contributed by atoms with Crippen molar-refractivity contribution in [2.75, 3.05) is 28.6 Å². The average Bonchev–Trinajstić information content (AvgIpc) is 3.49. The van der Waals surface area contributed by atoms with Gasteiger partial charge in [-0.05, 0) is 68.0 Å². The maximum atomic E-state index is 11.7. The first kappa shape index (κ1) is 17.6. The molecule has 2 aliphatic rings. The number of nitrogens with one attached hydrogen (secondary N) is 3. The summed E-state index contributed by atoms with van der Waals surface area (Å²) in [4.78, 5) is 14.2. The van der Waals surface area contributed by atoms with E-state index in [-0.39, 0.29) is 6.03 Å². The highest BCUT2D eigenvalue weighted by Crippen LogP contribution is 2.25. The predicted molar refractivity (Wildman–Crippen MR) is 108 cm³/mol. The number of hydrogen-bond acceptors (Lipinski definition) is 5. The molecule has 2 aromatic rings. The first-order valence-corrected chi connectivity index (χ1v) is 9.69. The number of nitrogens with zero attached hydrogens (tertiary/aromatic N) is 3. The molecule has 1 aliphatic carbocycles. The van der Waals surface area contributed by atoms with Crippen LogP contribution in [0.3, 0.4) is 0 Å². The van der Waals surface area contributed by atoms with Crippen molar-refractivity contribution >= 4 is 29.0 Å².